The highest BCUT2D eigenvalue weighted by Crippen LogP contribution is 2.27. The van der Waals surface area contributed by atoms with E-state index in [1.165, 1.54) is 11.8 Å². The van der Waals surface area contributed by atoms with Gasteiger partial charge in [-0.15, -0.1) is 0 Å². The fourth-order valence-electron chi connectivity index (χ4n) is 3.01. The van der Waals surface area contributed by atoms with Gasteiger partial charge < -0.3 is 4.90 Å². The van der Waals surface area contributed by atoms with Crippen LogP contribution in [0.15, 0.2) is 47.6 Å². The van der Waals surface area contributed by atoms with Crippen molar-refractivity contribution < 1.29 is 9.59 Å². The number of carbonyl (C=O) groups is 2. The number of carbonyl (C=O) groups excluding carboxylic acids is 2. The summed E-state index contributed by atoms with van der Waals surface area (Å²) >= 11 is 12.1. The van der Waals surface area contributed by atoms with Crippen LogP contribution in [-0.4, -0.2) is 24.6 Å². The average Bonchev–Trinajstić information content (AvgIpc) is 2.68. The Bertz CT molecular complexity index is 863. The number of nitrogens with zero attached hydrogens (tertiary/aromatic N) is 2. The number of hydrogen-bond donors (Lipinski definition) is 1. The van der Waals surface area contributed by atoms with Crippen molar-refractivity contribution in [2.75, 3.05) is 11.4 Å². The molecule has 7 heteroatoms. The number of amides is 2. The zero-order valence-electron chi connectivity index (χ0n) is 14.6. The second-order valence-electron chi connectivity index (χ2n) is 6.21. The van der Waals surface area contributed by atoms with E-state index in [9.17, 15) is 9.59 Å². The van der Waals surface area contributed by atoms with Crippen molar-refractivity contribution in [3.8, 4) is 0 Å². The lowest BCUT2D eigenvalue weighted by Gasteiger charge is -2.29. The predicted molar refractivity (Wildman–Crippen MR) is 109 cm³/mol. The lowest BCUT2D eigenvalue weighted by atomic mass is 10.0. The van der Waals surface area contributed by atoms with E-state index < -0.39 is 0 Å². The predicted octanol–water partition coefficient (Wildman–Crippen LogP) is 4.20. The highest BCUT2D eigenvalue weighted by Gasteiger charge is 2.22. The SMILES string of the molecule is O=C(CCC(=O)N1CCCc2ccccc21)NN=Cc1c(Cl)cccc1Cl. The van der Waals surface area contributed by atoms with Crippen LogP contribution in [0.3, 0.4) is 0 Å². The number of benzene rings is 2. The molecule has 2 aromatic carbocycles. The molecule has 0 radical (unpaired) electrons. The number of hydrazone groups is 1. The van der Waals surface area contributed by atoms with Gasteiger partial charge in [0.25, 0.3) is 0 Å². The first kappa shape index (κ1) is 19.4. The zero-order chi connectivity index (χ0) is 19.2. The number of anilines is 1. The Morgan fingerprint density at radius 3 is 2.59 bits per heavy atom. The monoisotopic (exact) mass is 403 g/mol. The van der Waals surface area contributed by atoms with Crippen LogP contribution in [0.5, 0.6) is 0 Å². The van der Waals surface area contributed by atoms with E-state index in [1.807, 2.05) is 24.3 Å². The fourth-order valence-corrected chi connectivity index (χ4v) is 3.50. The molecule has 0 fully saturated rings. The summed E-state index contributed by atoms with van der Waals surface area (Å²) in [6.07, 6.45) is 3.48. The van der Waals surface area contributed by atoms with Gasteiger partial charge in [0, 0.05) is 30.6 Å². The molecule has 0 unspecified atom stereocenters. The van der Waals surface area contributed by atoms with E-state index >= 15 is 0 Å². The number of halogens is 2. The number of nitrogens with one attached hydrogen (secondary N) is 1. The van der Waals surface area contributed by atoms with Crippen molar-refractivity contribution in [3.63, 3.8) is 0 Å². The molecule has 0 bridgehead atoms. The van der Waals surface area contributed by atoms with Crippen LogP contribution in [0.2, 0.25) is 10.0 Å². The Balaban J connectivity index is 1.52. The summed E-state index contributed by atoms with van der Waals surface area (Å²) < 4.78 is 0. The summed E-state index contributed by atoms with van der Waals surface area (Å²) in [5.41, 5.74) is 5.05. The Morgan fingerprint density at radius 2 is 1.81 bits per heavy atom. The van der Waals surface area contributed by atoms with Crippen molar-refractivity contribution in [2.24, 2.45) is 5.10 Å². The van der Waals surface area contributed by atoms with Crippen LogP contribution >= 0.6 is 23.2 Å². The molecule has 0 saturated carbocycles. The largest absolute Gasteiger partial charge is 0.312 e. The molecule has 0 spiro atoms. The first-order valence-electron chi connectivity index (χ1n) is 8.70. The minimum Gasteiger partial charge on any atom is -0.312 e. The molecular weight excluding hydrogens is 385 g/mol. The van der Waals surface area contributed by atoms with Crippen molar-refractivity contribution in [1.82, 2.24) is 5.43 Å². The molecule has 0 atom stereocenters. The van der Waals surface area contributed by atoms with Crippen LogP contribution < -0.4 is 10.3 Å². The van der Waals surface area contributed by atoms with Crippen LogP contribution in [0.4, 0.5) is 5.69 Å². The van der Waals surface area contributed by atoms with E-state index in [0.29, 0.717) is 22.2 Å². The molecule has 2 amide bonds. The smallest absolute Gasteiger partial charge is 0.240 e. The average molecular weight is 404 g/mol. The minimum absolute atomic E-state index is 0.0598. The molecule has 5 nitrogen and oxygen atoms in total. The van der Waals surface area contributed by atoms with Crippen LogP contribution in [0.25, 0.3) is 0 Å². The van der Waals surface area contributed by atoms with Gasteiger partial charge in [-0.2, -0.15) is 5.10 Å². The van der Waals surface area contributed by atoms with Crippen LogP contribution in [-0.2, 0) is 16.0 Å². The molecule has 1 aliphatic heterocycles. The number of rotatable bonds is 5. The van der Waals surface area contributed by atoms with Gasteiger partial charge in [-0.05, 0) is 36.6 Å². The molecule has 0 aliphatic carbocycles. The lowest BCUT2D eigenvalue weighted by molar-refractivity contribution is -0.125. The van der Waals surface area contributed by atoms with Gasteiger partial charge in [-0.3, -0.25) is 9.59 Å². The van der Waals surface area contributed by atoms with Crippen LogP contribution in [0, 0.1) is 0 Å². The highest BCUT2D eigenvalue weighted by molar-refractivity contribution is 6.38. The third kappa shape index (κ3) is 4.87. The molecule has 2 aromatic rings. The van der Waals surface area contributed by atoms with Gasteiger partial charge in [-0.25, -0.2) is 5.43 Å². The molecule has 140 valence electrons. The number of fused-ring (bicyclic) bond motifs is 1. The van der Waals surface area contributed by atoms with Crippen molar-refractivity contribution in [3.05, 3.63) is 63.6 Å². The van der Waals surface area contributed by atoms with Gasteiger partial charge in [-0.1, -0.05) is 47.5 Å². The quantitative estimate of drug-likeness (QED) is 0.600. The van der Waals surface area contributed by atoms with E-state index in [2.05, 4.69) is 10.5 Å². The zero-order valence-corrected chi connectivity index (χ0v) is 16.1. The summed E-state index contributed by atoms with van der Waals surface area (Å²) in [6.45, 7) is 0.681. The lowest BCUT2D eigenvalue weighted by Crippen LogP contribution is -2.36. The van der Waals surface area contributed by atoms with Crippen molar-refractivity contribution in [2.45, 2.75) is 25.7 Å². The first-order valence-corrected chi connectivity index (χ1v) is 9.46. The van der Waals surface area contributed by atoms with Gasteiger partial charge in [0.1, 0.15) is 0 Å². The third-order valence-electron chi connectivity index (χ3n) is 4.36. The van der Waals surface area contributed by atoms with Gasteiger partial charge in [0.05, 0.1) is 16.3 Å². The molecule has 1 aliphatic rings. The Labute approximate surface area is 168 Å². The summed E-state index contributed by atoms with van der Waals surface area (Å²) in [5.74, 6) is -0.400. The Hall–Kier alpha value is -2.37. The number of hydrogen-bond acceptors (Lipinski definition) is 3. The molecule has 1 heterocycles. The first-order chi connectivity index (χ1) is 13.1. The molecule has 0 saturated heterocycles. The second-order valence-corrected chi connectivity index (χ2v) is 7.02. The standard InChI is InChI=1S/C20H19Cl2N3O2/c21-16-7-3-8-17(22)15(16)13-23-24-19(26)10-11-20(27)25-12-4-6-14-5-1-2-9-18(14)25/h1-3,5,7-9,13H,4,6,10-12H2,(H,24,26). The van der Waals surface area contributed by atoms with E-state index in [1.54, 1.807) is 23.1 Å². The molecule has 27 heavy (non-hydrogen) atoms. The maximum Gasteiger partial charge on any atom is 0.240 e. The van der Waals surface area contributed by atoms with Gasteiger partial charge in [0.2, 0.25) is 11.8 Å². The topological polar surface area (TPSA) is 61.8 Å². The summed E-state index contributed by atoms with van der Waals surface area (Å²) in [7, 11) is 0. The van der Waals surface area contributed by atoms with Crippen molar-refractivity contribution >= 4 is 46.9 Å². The van der Waals surface area contributed by atoms with Gasteiger partial charge >= 0.3 is 0 Å². The van der Waals surface area contributed by atoms with Crippen LogP contribution in [0.1, 0.15) is 30.4 Å². The van der Waals surface area contributed by atoms with E-state index in [-0.39, 0.29) is 24.7 Å². The summed E-state index contributed by atoms with van der Waals surface area (Å²) in [4.78, 5) is 26.3. The molecule has 0 aromatic heterocycles. The second kappa shape index (κ2) is 9.02. The summed E-state index contributed by atoms with van der Waals surface area (Å²) in [6, 6.07) is 13.0. The summed E-state index contributed by atoms with van der Waals surface area (Å²) in [5, 5.41) is 4.76. The molecule has 3 rings (SSSR count). The Morgan fingerprint density at radius 1 is 1.07 bits per heavy atom. The van der Waals surface area contributed by atoms with Gasteiger partial charge in [0.15, 0.2) is 0 Å². The molecule has 1 N–H and O–H groups in total. The maximum atomic E-state index is 12.5. The number of aryl methyl sites for hydroxylation is 1. The molecular formula is C20H19Cl2N3O2. The minimum atomic E-state index is -0.340. The fraction of sp³-hybridized carbons (Fsp3) is 0.250. The van der Waals surface area contributed by atoms with Crippen molar-refractivity contribution in [1.29, 1.82) is 0 Å². The maximum absolute atomic E-state index is 12.5. The van der Waals surface area contributed by atoms with E-state index in [0.717, 1.165) is 18.5 Å². The Kier molecular flexibility index (Phi) is 6.48. The van der Waals surface area contributed by atoms with E-state index in [4.69, 9.17) is 23.2 Å². The third-order valence-corrected chi connectivity index (χ3v) is 5.02. The normalized spacial score (nSPS) is 13.5. The highest BCUT2D eigenvalue weighted by atomic mass is 35.5. The number of para-hydroxylation sites is 1.